The minimum Gasteiger partial charge on any atom is -0.485 e. The number of hydrogen-bond donors (Lipinski definition) is 1. The Hall–Kier alpha value is -1.81. The van der Waals surface area contributed by atoms with Crippen LogP contribution in [0.5, 0.6) is 5.75 Å². The average Bonchev–Trinajstić information content (AvgIpc) is 2.88. The standard InChI is InChI=1S/C15H18N2O2/c1-10(2)17-9-11(8-16-17)15-7-13(18)12-5-3-4-6-14(12)19-15/h3-6,8-10,13,15,18H,7H2,1-2H3. The molecule has 19 heavy (non-hydrogen) atoms. The molecule has 0 radical (unpaired) electrons. The van der Waals surface area contributed by atoms with Crippen molar-refractivity contribution in [1.82, 2.24) is 9.78 Å². The largest absolute Gasteiger partial charge is 0.485 e. The first-order valence-electron chi connectivity index (χ1n) is 6.63. The van der Waals surface area contributed by atoms with E-state index in [-0.39, 0.29) is 6.10 Å². The summed E-state index contributed by atoms with van der Waals surface area (Å²) in [6, 6.07) is 7.98. The molecule has 1 aromatic carbocycles. The molecule has 4 heteroatoms. The third kappa shape index (κ3) is 2.24. The molecule has 3 rings (SSSR count). The van der Waals surface area contributed by atoms with Gasteiger partial charge in [0, 0.05) is 29.8 Å². The molecule has 0 aliphatic carbocycles. The average molecular weight is 258 g/mol. The quantitative estimate of drug-likeness (QED) is 0.900. The summed E-state index contributed by atoms with van der Waals surface area (Å²) >= 11 is 0. The van der Waals surface area contributed by atoms with Gasteiger partial charge in [-0.2, -0.15) is 5.10 Å². The van der Waals surface area contributed by atoms with Crippen molar-refractivity contribution in [2.45, 2.75) is 38.5 Å². The number of benzene rings is 1. The molecule has 0 amide bonds. The van der Waals surface area contributed by atoms with Crippen molar-refractivity contribution in [2.75, 3.05) is 0 Å². The lowest BCUT2D eigenvalue weighted by Gasteiger charge is -2.28. The van der Waals surface area contributed by atoms with Crippen LogP contribution < -0.4 is 4.74 Å². The Morgan fingerprint density at radius 2 is 2.16 bits per heavy atom. The number of para-hydroxylation sites is 1. The first-order chi connectivity index (χ1) is 9.15. The van der Waals surface area contributed by atoms with Gasteiger partial charge in [0.15, 0.2) is 0 Å². The Kier molecular flexibility index (Phi) is 3.03. The summed E-state index contributed by atoms with van der Waals surface area (Å²) in [6.07, 6.45) is 3.79. The molecule has 0 saturated carbocycles. The number of nitrogens with zero attached hydrogens (tertiary/aromatic N) is 2. The summed E-state index contributed by atoms with van der Waals surface area (Å²) in [5.74, 6) is 0.767. The lowest BCUT2D eigenvalue weighted by Crippen LogP contribution is -2.18. The van der Waals surface area contributed by atoms with Crippen LogP contribution in [0.2, 0.25) is 0 Å². The normalized spacial score (nSPS) is 22.1. The second kappa shape index (κ2) is 4.70. The second-order valence-electron chi connectivity index (χ2n) is 5.24. The number of aliphatic hydroxyl groups excluding tert-OH is 1. The zero-order valence-electron chi connectivity index (χ0n) is 11.2. The fourth-order valence-electron chi connectivity index (χ4n) is 2.40. The van der Waals surface area contributed by atoms with E-state index in [1.54, 1.807) is 0 Å². The summed E-state index contributed by atoms with van der Waals surface area (Å²) < 4.78 is 7.88. The van der Waals surface area contributed by atoms with Gasteiger partial charge < -0.3 is 9.84 Å². The molecule has 0 bridgehead atoms. The summed E-state index contributed by atoms with van der Waals surface area (Å²) in [4.78, 5) is 0. The molecule has 2 aromatic rings. The van der Waals surface area contributed by atoms with Gasteiger partial charge in [0.2, 0.25) is 0 Å². The molecule has 100 valence electrons. The van der Waals surface area contributed by atoms with Gasteiger partial charge in [-0.1, -0.05) is 18.2 Å². The summed E-state index contributed by atoms with van der Waals surface area (Å²) in [5.41, 5.74) is 1.89. The van der Waals surface area contributed by atoms with Crippen LogP contribution >= 0.6 is 0 Å². The van der Waals surface area contributed by atoms with E-state index < -0.39 is 6.10 Å². The predicted octanol–water partition coefficient (Wildman–Crippen LogP) is 3.02. The van der Waals surface area contributed by atoms with Crippen LogP contribution in [0.4, 0.5) is 0 Å². The SMILES string of the molecule is CC(C)n1cc(C2CC(O)c3ccccc3O2)cn1. The molecule has 2 heterocycles. The zero-order valence-corrected chi connectivity index (χ0v) is 11.2. The lowest BCUT2D eigenvalue weighted by atomic mass is 9.96. The van der Waals surface area contributed by atoms with E-state index in [0.29, 0.717) is 12.5 Å². The van der Waals surface area contributed by atoms with Crippen molar-refractivity contribution >= 4 is 0 Å². The van der Waals surface area contributed by atoms with Crippen LogP contribution in [0.3, 0.4) is 0 Å². The Bertz CT molecular complexity index is 577. The monoisotopic (exact) mass is 258 g/mol. The Morgan fingerprint density at radius 3 is 2.89 bits per heavy atom. The smallest absolute Gasteiger partial charge is 0.130 e. The highest BCUT2D eigenvalue weighted by Gasteiger charge is 2.28. The van der Waals surface area contributed by atoms with Gasteiger partial charge in [-0.25, -0.2) is 0 Å². The van der Waals surface area contributed by atoms with Crippen LogP contribution in [-0.2, 0) is 0 Å². The highest BCUT2D eigenvalue weighted by atomic mass is 16.5. The molecule has 2 atom stereocenters. The number of aromatic nitrogens is 2. The Labute approximate surface area is 112 Å². The molecule has 0 spiro atoms. The minimum absolute atomic E-state index is 0.127. The van der Waals surface area contributed by atoms with Crippen molar-refractivity contribution < 1.29 is 9.84 Å². The van der Waals surface area contributed by atoms with Crippen molar-refractivity contribution in [2.24, 2.45) is 0 Å². The third-order valence-electron chi connectivity index (χ3n) is 3.51. The molecular weight excluding hydrogens is 240 g/mol. The van der Waals surface area contributed by atoms with Gasteiger partial charge in [0.25, 0.3) is 0 Å². The molecule has 1 N–H and O–H groups in total. The minimum atomic E-state index is -0.475. The molecule has 2 unspecified atom stereocenters. The van der Waals surface area contributed by atoms with Crippen LogP contribution in [0.1, 0.15) is 49.6 Å². The van der Waals surface area contributed by atoms with Gasteiger partial charge >= 0.3 is 0 Å². The fraction of sp³-hybridized carbons (Fsp3) is 0.400. The Morgan fingerprint density at radius 1 is 1.37 bits per heavy atom. The van der Waals surface area contributed by atoms with Crippen molar-refractivity contribution in [1.29, 1.82) is 0 Å². The lowest BCUT2D eigenvalue weighted by molar-refractivity contribution is 0.0657. The maximum Gasteiger partial charge on any atom is 0.130 e. The number of hydrogen-bond acceptors (Lipinski definition) is 3. The molecule has 1 aliphatic rings. The van der Waals surface area contributed by atoms with Gasteiger partial charge in [-0.3, -0.25) is 4.68 Å². The summed E-state index contributed by atoms with van der Waals surface area (Å²) in [5, 5.41) is 14.5. The highest BCUT2D eigenvalue weighted by molar-refractivity contribution is 5.37. The Balaban J connectivity index is 1.88. The third-order valence-corrected chi connectivity index (χ3v) is 3.51. The van der Waals surface area contributed by atoms with E-state index in [0.717, 1.165) is 16.9 Å². The van der Waals surface area contributed by atoms with Crippen LogP contribution in [0.15, 0.2) is 36.7 Å². The molecule has 0 fully saturated rings. The number of aliphatic hydroxyl groups is 1. The molecule has 0 saturated heterocycles. The van der Waals surface area contributed by atoms with E-state index in [1.165, 1.54) is 0 Å². The maximum atomic E-state index is 10.2. The van der Waals surface area contributed by atoms with E-state index in [4.69, 9.17) is 4.74 Å². The number of ether oxygens (including phenoxy) is 1. The first-order valence-corrected chi connectivity index (χ1v) is 6.63. The summed E-state index contributed by atoms with van der Waals surface area (Å²) in [7, 11) is 0. The van der Waals surface area contributed by atoms with E-state index in [2.05, 4.69) is 18.9 Å². The predicted molar refractivity (Wildman–Crippen MR) is 72.0 cm³/mol. The van der Waals surface area contributed by atoms with Crippen molar-refractivity contribution in [3.05, 3.63) is 47.8 Å². The molecule has 1 aromatic heterocycles. The van der Waals surface area contributed by atoms with Gasteiger partial charge in [0.1, 0.15) is 11.9 Å². The van der Waals surface area contributed by atoms with Crippen LogP contribution in [0, 0.1) is 0 Å². The van der Waals surface area contributed by atoms with E-state index in [9.17, 15) is 5.11 Å². The van der Waals surface area contributed by atoms with Crippen molar-refractivity contribution in [3.63, 3.8) is 0 Å². The van der Waals surface area contributed by atoms with Gasteiger partial charge in [0.05, 0.1) is 12.3 Å². The number of fused-ring (bicyclic) bond motifs is 1. The zero-order chi connectivity index (χ0) is 13.4. The second-order valence-corrected chi connectivity index (χ2v) is 5.24. The first kappa shape index (κ1) is 12.2. The van der Waals surface area contributed by atoms with E-state index in [1.807, 2.05) is 41.3 Å². The van der Waals surface area contributed by atoms with Gasteiger partial charge in [-0.15, -0.1) is 0 Å². The van der Waals surface area contributed by atoms with E-state index >= 15 is 0 Å². The van der Waals surface area contributed by atoms with Crippen LogP contribution in [0.25, 0.3) is 0 Å². The van der Waals surface area contributed by atoms with Crippen LogP contribution in [-0.4, -0.2) is 14.9 Å². The fourth-order valence-corrected chi connectivity index (χ4v) is 2.40. The molecular formula is C15H18N2O2. The molecule has 4 nitrogen and oxygen atoms in total. The highest BCUT2D eigenvalue weighted by Crippen LogP contribution is 2.40. The topological polar surface area (TPSA) is 47.3 Å². The van der Waals surface area contributed by atoms with Crippen molar-refractivity contribution in [3.8, 4) is 5.75 Å². The maximum absolute atomic E-state index is 10.2. The molecule has 1 aliphatic heterocycles. The summed E-state index contributed by atoms with van der Waals surface area (Å²) in [6.45, 7) is 4.17. The number of rotatable bonds is 2. The van der Waals surface area contributed by atoms with Gasteiger partial charge in [-0.05, 0) is 19.9 Å².